The zero-order valence-electron chi connectivity index (χ0n) is 11.1. The van der Waals surface area contributed by atoms with E-state index >= 15 is 0 Å². The average molecular weight is 254 g/mol. The molecular weight excluding hydrogens is 236 g/mol. The van der Waals surface area contributed by atoms with E-state index in [-0.39, 0.29) is 11.5 Å². The monoisotopic (exact) mass is 254 g/mol. The third-order valence-electron chi connectivity index (χ3n) is 3.21. The lowest BCUT2D eigenvalue weighted by molar-refractivity contribution is 0.101. The molecule has 2 rings (SSSR count). The van der Waals surface area contributed by atoms with Gasteiger partial charge in [0.1, 0.15) is 5.75 Å². The first kappa shape index (κ1) is 13.3. The Morgan fingerprint density at radius 3 is 2.37 bits per heavy atom. The van der Waals surface area contributed by atoms with Gasteiger partial charge >= 0.3 is 0 Å². The number of rotatable bonds is 5. The van der Waals surface area contributed by atoms with Crippen molar-refractivity contribution in [2.75, 3.05) is 0 Å². The van der Waals surface area contributed by atoms with Crippen molar-refractivity contribution in [1.29, 1.82) is 0 Å². The van der Waals surface area contributed by atoms with Crippen molar-refractivity contribution in [3.63, 3.8) is 0 Å². The summed E-state index contributed by atoms with van der Waals surface area (Å²) in [4.78, 5) is 11.4. The SMILES string of the molecule is CC(=O)c1cc(CCCc2ccccc2)ccc1O. The smallest absolute Gasteiger partial charge is 0.163 e. The Bertz CT molecular complexity index is 559. The van der Waals surface area contributed by atoms with Crippen LogP contribution < -0.4 is 0 Å². The maximum Gasteiger partial charge on any atom is 0.163 e. The molecule has 2 heteroatoms. The Labute approximate surface area is 113 Å². The number of aryl methyl sites for hydroxylation is 2. The maximum absolute atomic E-state index is 11.4. The van der Waals surface area contributed by atoms with Crippen LogP contribution in [0, 0.1) is 0 Å². The first-order valence-corrected chi connectivity index (χ1v) is 6.53. The van der Waals surface area contributed by atoms with Gasteiger partial charge in [0.15, 0.2) is 5.78 Å². The minimum atomic E-state index is -0.0950. The van der Waals surface area contributed by atoms with E-state index in [9.17, 15) is 9.90 Å². The summed E-state index contributed by atoms with van der Waals surface area (Å²) in [7, 11) is 0. The van der Waals surface area contributed by atoms with E-state index < -0.39 is 0 Å². The molecule has 0 saturated carbocycles. The van der Waals surface area contributed by atoms with Gasteiger partial charge in [-0.2, -0.15) is 0 Å². The molecule has 98 valence electrons. The molecule has 0 atom stereocenters. The molecule has 2 nitrogen and oxygen atoms in total. The lowest BCUT2D eigenvalue weighted by Gasteiger charge is -2.06. The van der Waals surface area contributed by atoms with Crippen LogP contribution in [-0.2, 0) is 12.8 Å². The van der Waals surface area contributed by atoms with Crippen molar-refractivity contribution >= 4 is 5.78 Å². The van der Waals surface area contributed by atoms with E-state index in [2.05, 4.69) is 12.1 Å². The van der Waals surface area contributed by atoms with Crippen LogP contribution in [0.5, 0.6) is 5.75 Å². The maximum atomic E-state index is 11.4. The number of carbonyl (C=O) groups excluding carboxylic acids is 1. The summed E-state index contributed by atoms with van der Waals surface area (Å²) in [6, 6.07) is 15.6. The molecule has 0 aromatic heterocycles. The number of aromatic hydroxyl groups is 1. The fourth-order valence-corrected chi connectivity index (χ4v) is 2.16. The Kier molecular flexibility index (Phi) is 4.35. The van der Waals surface area contributed by atoms with E-state index in [1.807, 2.05) is 24.3 Å². The van der Waals surface area contributed by atoms with Crippen molar-refractivity contribution in [2.45, 2.75) is 26.2 Å². The van der Waals surface area contributed by atoms with Crippen LogP contribution in [0.25, 0.3) is 0 Å². The molecular formula is C17H18O2. The van der Waals surface area contributed by atoms with E-state index in [1.54, 1.807) is 12.1 Å². The van der Waals surface area contributed by atoms with Gasteiger partial charge < -0.3 is 5.11 Å². The number of carbonyl (C=O) groups is 1. The first-order chi connectivity index (χ1) is 9.16. The summed E-state index contributed by atoms with van der Waals surface area (Å²) in [6.45, 7) is 1.48. The van der Waals surface area contributed by atoms with Crippen LogP contribution in [0.2, 0.25) is 0 Å². The van der Waals surface area contributed by atoms with Crippen LogP contribution in [-0.4, -0.2) is 10.9 Å². The zero-order chi connectivity index (χ0) is 13.7. The summed E-state index contributed by atoms with van der Waals surface area (Å²) < 4.78 is 0. The Morgan fingerprint density at radius 1 is 1.00 bits per heavy atom. The van der Waals surface area contributed by atoms with Crippen molar-refractivity contribution in [2.24, 2.45) is 0 Å². The van der Waals surface area contributed by atoms with E-state index in [1.165, 1.54) is 12.5 Å². The van der Waals surface area contributed by atoms with E-state index in [0.717, 1.165) is 24.8 Å². The molecule has 0 unspecified atom stereocenters. The quantitative estimate of drug-likeness (QED) is 0.825. The number of hydrogen-bond donors (Lipinski definition) is 1. The molecule has 0 heterocycles. The van der Waals surface area contributed by atoms with Crippen molar-refractivity contribution < 1.29 is 9.90 Å². The first-order valence-electron chi connectivity index (χ1n) is 6.53. The second-order valence-corrected chi connectivity index (χ2v) is 4.75. The number of phenols is 1. The third kappa shape index (κ3) is 3.68. The van der Waals surface area contributed by atoms with Crippen LogP contribution >= 0.6 is 0 Å². The molecule has 2 aromatic rings. The molecule has 0 radical (unpaired) electrons. The number of phenolic OH excluding ortho intramolecular Hbond substituents is 1. The normalized spacial score (nSPS) is 10.4. The highest BCUT2D eigenvalue weighted by molar-refractivity contribution is 5.96. The third-order valence-corrected chi connectivity index (χ3v) is 3.21. The van der Waals surface area contributed by atoms with E-state index in [4.69, 9.17) is 0 Å². The van der Waals surface area contributed by atoms with Gasteiger partial charge in [-0.3, -0.25) is 4.79 Å². The van der Waals surface area contributed by atoms with Crippen LogP contribution in [0.1, 0.15) is 34.8 Å². The predicted molar refractivity (Wildman–Crippen MR) is 76.6 cm³/mol. The Hall–Kier alpha value is -2.09. The number of Topliss-reactive ketones (excluding diaryl/α,β-unsaturated/α-hetero) is 1. The van der Waals surface area contributed by atoms with Crippen LogP contribution in [0.4, 0.5) is 0 Å². The molecule has 0 saturated heterocycles. The van der Waals surface area contributed by atoms with Crippen LogP contribution in [0.15, 0.2) is 48.5 Å². The Balaban J connectivity index is 1.97. The van der Waals surface area contributed by atoms with Gasteiger partial charge in [-0.05, 0) is 49.4 Å². The molecule has 0 bridgehead atoms. The van der Waals surface area contributed by atoms with Gasteiger partial charge in [0.25, 0.3) is 0 Å². The van der Waals surface area contributed by atoms with Gasteiger partial charge in [0.05, 0.1) is 5.56 Å². The summed E-state index contributed by atoms with van der Waals surface area (Å²) in [5.41, 5.74) is 2.84. The highest BCUT2D eigenvalue weighted by atomic mass is 16.3. The van der Waals surface area contributed by atoms with Crippen LogP contribution in [0.3, 0.4) is 0 Å². The summed E-state index contributed by atoms with van der Waals surface area (Å²) in [5.74, 6) is -0.0262. The standard InChI is InChI=1S/C17H18O2/c1-13(18)16-12-15(10-11-17(16)19)9-5-8-14-6-3-2-4-7-14/h2-4,6-7,10-12,19H,5,8-9H2,1H3. The molecule has 0 aliphatic heterocycles. The summed E-state index contributed by atoms with van der Waals surface area (Å²) >= 11 is 0. The van der Waals surface area contributed by atoms with Crippen molar-refractivity contribution in [3.8, 4) is 5.75 Å². The summed E-state index contributed by atoms with van der Waals surface area (Å²) in [5, 5.41) is 9.59. The minimum absolute atomic E-state index is 0.0688. The Morgan fingerprint density at radius 2 is 1.68 bits per heavy atom. The molecule has 0 aliphatic carbocycles. The van der Waals surface area contributed by atoms with Gasteiger partial charge in [-0.25, -0.2) is 0 Å². The highest BCUT2D eigenvalue weighted by Gasteiger charge is 2.07. The topological polar surface area (TPSA) is 37.3 Å². The molecule has 19 heavy (non-hydrogen) atoms. The average Bonchev–Trinajstić information content (AvgIpc) is 2.41. The van der Waals surface area contributed by atoms with Gasteiger partial charge in [0.2, 0.25) is 0 Å². The number of benzene rings is 2. The number of ketones is 1. The zero-order valence-corrected chi connectivity index (χ0v) is 11.1. The fraction of sp³-hybridized carbons (Fsp3) is 0.235. The lowest BCUT2D eigenvalue weighted by Crippen LogP contribution is -1.96. The number of hydrogen-bond acceptors (Lipinski definition) is 2. The second kappa shape index (κ2) is 6.19. The molecule has 1 N–H and O–H groups in total. The van der Waals surface area contributed by atoms with Crippen molar-refractivity contribution in [1.82, 2.24) is 0 Å². The largest absolute Gasteiger partial charge is 0.507 e. The molecule has 0 aliphatic rings. The molecule has 2 aromatic carbocycles. The van der Waals surface area contributed by atoms with Gasteiger partial charge in [-0.15, -0.1) is 0 Å². The van der Waals surface area contributed by atoms with Crippen molar-refractivity contribution in [3.05, 3.63) is 65.2 Å². The van der Waals surface area contributed by atoms with Gasteiger partial charge in [-0.1, -0.05) is 36.4 Å². The molecule has 0 spiro atoms. The lowest BCUT2D eigenvalue weighted by atomic mass is 10.0. The molecule has 0 amide bonds. The fourth-order valence-electron chi connectivity index (χ4n) is 2.16. The highest BCUT2D eigenvalue weighted by Crippen LogP contribution is 2.20. The second-order valence-electron chi connectivity index (χ2n) is 4.75. The minimum Gasteiger partial charge on any atom is -0.507 e. The predicted octanol–water partition coefficient (Wildman–Crippen LogP) is 3.77. The van der Waals surface area contributed by atoms with E-state index in [0.29, 0.717) is 5.56 Å². The summed E-state index contributed by atoms with van der Waals surface area (Å²) in [6.07, 6.45) is 2.97. The van der Waals surface area contributed by atoms with Gasteiger partial charge in [0, 0.05) is 0 Å². The molecule has 0 fully saturated rings.